The maximum absolute atomic E-state index is 5.58. The molecular formula is C8H19NO2. The lowest BCUT2D eigenvalue weighted by Gasteiger charge is -2.26. The molecule has 0 aliphatic heterocycles. The molecule has 0 amide bonds. The van der Waals surface area contributed by atoms with E-state index >= 15 is 0 Å². The van der Waals surface area contributed by atoms with Crippen LogP contribution in [0.3, 0.4) is 0 Å². The summed E-state index contributed by atoms with van der Waals surface area (Å²) >= 11 is 0. The maximum Gasteiger partial charge on any atom is 0.0937 e. The van der Waals surface area contributed by atoms with Gasteiger partial charge in [-0.25, -0.2) is 0 Å². The summed E-state index contributed by atoms with van der Waals surface area (Å²) in [5.41, 5.74) is 5.32. The summed E-state index contributed by atoms with van der Waals surface area (Å²) in [4.78, 5) is 0. The third-order valence-corrected chi connectivity index (χ3v) is 1.14. The standard InChI is InChI=1S/C8H19NO2/c1-8(2,3)11-7(5-9)6-10-4/h7H,5-6,9H2,1-4H3. The minimum atomic E-state index is -0.136. The highest BCUT2D eigenvalue weighted by Gasteiger charge is 2.16. The molecule has 68 valence electrons. The van der Waals surface area contributed by atoms with E-state index < -0.39 is 0 Å². The van der Waals surface area contributed by atoms with Gasteiger partial charge in [0.1, 0.15) is 0 Å². The normalized spacial score (nSPS) is 15.0. The average molecular weight is 161 g/mol. The van der Waals surface area contributed by atoms with E-state index in [4.69, 9.17) is 15.2 Å². The molecule has 0 heterocycles. The molecule has 0 saturated carbocycles. The van der Waals surface area contributed by atoms with E-state index in [1.54, 1.807) is 7.11 Å². The van der Waals surface area contributed by atoms with Crippen molar-refractivity contribution < 1.29 is 9.47 Å². The van der Waals surface area contributed by atoms with Gasteiger partial charge in [0.2, 0.25) is 0 Å². The summed E-state index contributed by atoms with van der Waals surface area (Å²) in [5.74, 6) is 0. The molecule has 0 radical (unpaired) electrons. The second-order valence-corrected chi connectivity index (χ2v) is 3.54. The van der Waals surface area contributed by atoms with E-state index in [1.165, 1.54) is 0 Å². The van der Waals surface area contributed by atoms with Crippen LogP contribution in [0.4, 0.5) is 0 Å². The van der Waals surface area contributed by atoms with Gasteiger partial charge in [0, 0.05) is 13.7 Å². The topological polar surface area (TPSA) is 44.5 Å². The molecule has 11 heavy (non-hydrogen) atoms. The molecule has 0 bridgehead atoms. The van der Waals surface area contributed by atoms with Crippen LogP contribution < -0.4 is 5.73 Å². The highest BCUT2D eigenvalue weighted by atomic mass is 16.5. The Bertz CT molecular complexity index is 98.8. The van der Waals surface area contributed by atoms with Crippen molar-refractivity contribution >= 4 is 0 Å². The Morgan fingerprint density at radius 2 is 1.91 bits per heavy atom. The van der Waals surface area contributed by atoms with Gasteiger partial charge in [-0.2, -0.15) is 0 Å². The Balaban J connectivity index is 3.68. The van der Waals surface area contributed by atoms with Gasteiger partial charge in [0.05, 0.1) is 18.3 Å². The van der Waals surface area contributed by atoms with Crippen molar-refractivity contribution in [2.24, 2.45) is 5.73 Å². The first kappa shape index (κ1) is 10.9. The smallest absolute Gasteiger partial charge is 0.0937 e. The average Bonchev–Trinajstić information content (AvgIpc) is 1.84. The van der Waals surface area contributed by atoms with E-state index in [0.717, 1.165) is 0 Å². The van der Waals surface area contributed by atoms with E-state index in [1.807, 2.05) is 20.8 Å². The van der Waals surface area contributed by atoms with E-state index in [-0.39, 0.29) is 11.7 Å². The lowest BCUT2D eigenvalue weighted by Crippen LogP contribution is -2.35. The Morgan fingerprint density at radius 1 is 1.36 bits per heavy atom. The Hall–Kier alpha value is -0.120. The molecule has 0 rings (SSSR count). The van der Waals surface area contributed by atoms with Crippen LogP contribution in [0.1, 0.15) is 20.8 Å². The first-order valence-electron chi connectivity index (χ1n) is 3.86. The Morgan fingerprint density at radius 3 is 2.18 bits per heavy atom. The quantitative estimate of drug-likeness (QED) is 0.662. The van der Waals surface area contributed by atoms with Gasteiger partial charge in [0.15, 0.2) is 0 Å². The molecule has 3 nitrogen and oxygen atoms in total. The molecule has 0 aromatic carbocycles. The number of methoxy groups -OCH3 is 1. The van der Waals surface area contributed by atoms with Crippen LogP contribution in [0.5, 0.6) is 0 Å². The van der Waals surface area contributed by atoms with Crippen LogP contribution in [0.15, 0.2) is 0 Å². The highest BCUT2D eigenvalue weighted by molar-refractivity contribution is 4.66. The van der Waals surface area contributed by atoms with Crippen molar-refractivity contribution in [3.8, 4) is 0 Å². The van der Waals surface area contributed by atoms with Gasteiger partial charge >= 0.3 is 0 Å². The third kappa shape index (κ3) is 6.28. The second-order valence-electron chi connectivity index (χ2n) is 3.54. The van der Waals surface area contributed by atoms with Gasteiger partial charge in [0.25, 0.3) is 0 Å². The molecular weight excluding hydrogens is 142 g/mol. The van der Waals surface area contributed by atoms with Crippen molar-refractivity contribution in [3.05, 3.63) is 0 Å². The predicted octanol–water partition coefficient (Wildman–Crippen LogP) is 0.775. The molecule has 0 saturated heterocycles. The largest absolute Gasteiger partial charge is 0.382 e. The van der Waals surface area contributed by atoms with E-state index in [2.05, 4.69) is 0 Å². The lowest BCUT2D eigenvalue weighted by atomic mass is 10.2. The third-order valence-electron chi connectivity index (χ3n) is 1.14. The van der Waals surface area contributed by atoms with Crippen LogP contribution in [0.25, 0.3) is 0 Å². The summed E-state index contributed by atoms with van der Waals surface area (Å²) in [6.07, 6.45) is 0.0139. The van der Waals surface area contributed by atoms with Crippen molar-refractivity contribution in [2.75, 3.05) is 20.3 Å². The SMILES string of the molecule is COCC(CN)OC(C)(C)C. The fourth-order valence-electron chi connectivity index (χ4n) is 0.836. The summed E-state index contributed by atoms with van der Waals surface area (Å²) in [7, 11) is 1.65. The number of nitrogens with two attached hydrogens (primary N) is 1. The molecule has 0 aromatic heterocycles. The summed E-state index contributed by atoms with van der Waals surface area (Å²) in [6.45, 7) is 7.08. The molecule has 0 fully saturated rings. The molecule has 0 aliphatic rings. The van der Waals surface area contributed by atoms with Crippen molar-refractivity contribution in [1.82, 2.24) is 0 Å². The second kappa shape index (κ2) is 4.70. The minimum absolute atomic E-state index is 0.0139. The number of hydrogen-bond acceptors (Lipinski definition) is 3. The van der Waals surface area contributed by atoms with Crippen LogP contribution >= 0.6 is 0 Å². The van der Waals surface area contributed by atoms with Gasteiger partial charge in [-0.05, 0) is 20.8 Å². The Labute approximate surface area is 68.9 Å². The summed E-state index contributed by atoms with van der Waals surface area (Å²) in [5, 5.41) is 0. The zero-order valence-electron chi connectivity index (χ0n) is 7.89. The fourth-order valence-corrected chi connectivity index (χ4v) is 0.836. The van der Waals surface area contributed by atoms with E-state index in [0.29, 0.717) is 13.2 Å². The molecule has 1 atom stereocenters. The maximum atomic E-state index is 5.58. The first-order valence-corrected chi connectivity index (χ1v) is 3.86. The lowest BCUT2D eigenvalue weighted by molar-refractivity contribution is -0.0815. The van der Waals surface area contributed by atoms with Crippen molar-refractivity contribution in [3.63, 3.8) is 0 Å². The zero-order chi connectivity index (χ0) is 8.91. The van der Waals surface area contributed by atoms with Crippen LogP contribution in [0.2, 0.25) is 0 Å². The minimum Gasteiger partial charge on any atom is -0.382 e. The fraction of sp³-hybridized carbons (Fsp3) is 1.00. The molecule has 2 N–H and O–H groups in total. The summed E-state index contributed by atoms with van der Waals surface area (Å²) < 4.78 is 10.5. The van der Waals surface area contributed by atoms with Gasteiger partial charge < -0.3 is 15.2 Å². The molecule has 0 aromatic rings. The monoisotopic (exact) mass is 161 g/mol. The predicted molar refractivity (Wildman–Crippen MR) is 45.6 cm³/mol. The molecule has 3 heteroatoms. The van der Waals surface area contributed by atoms with Gasteiger partial charge in [-0.15, -0.1) is 0 Å². The van der Waals surface area contributed by atoms with Crippen LogP contribution in [0, 0.1) is 0 Å². The highest BCUT2D eigenvalue weighted by Crippen LogP contribution is 2.09. The van der Waals surface area contributed by atoms with Gasteiger partial charge in [-0.3, -0.25) is 0 Å². The summed E-state index contributed by atoms with van der Waals surface area (Å²) in [6, 6.07) is 0. The molecule has 0 spiro atoms. The van der Waals surface area contributed by atoms with Crippen LogP contribution in [-0.4, -0.2) is 32.0 Å². The van der Waals surface area contributed by atoms with Crippen LogP contribution in [-0.2, 0) is 9.47 Å². The van der Waals surface area contributed by atoms with Gasteiger partial charge in [-0.1, -0.05) is 0 Å². The van der Waals surface area contributed by atoms with Crippen molar-refractivity contribution in [2.45, 2.75) is 32.5 Å². The first-order chi connectivity index (χ1) is 4.99. The molecule has 0 aliphatic carbocycles. The van der Waals surface area contributed by atoms with Crippen molar-refractivity contribution in [1.29, 1.82) is 0 Å². The number of rotatable bonds is 4. The molecule has 1 unspecified atom stereocenters. The number of hydrogen-bond donors (Lipinski definition) is 1. The Kier molecular flexibility index (Phi) is 4.65. The zero-order valence-corrected chi connectivity index (χ0v) is 7.89. The number of ether oxygens (including phenoxy) is 2. The van der Waals surface area contributed by atoms with E-state index in [9.17, 15) is 0 Å².